The van der Waals surface area contributed by atoms with E-state index in [0.29, 0.717) is 16.0 Å². The van der Waals surface area contributed by atoms with Crippen molar-refractivity contribution < 1.29 is 9.35 Å². The van der Waals surface area contributed by atoms with Gasteiger partial charge in [-0.3, -0.25) is 4.79 Å². The van der Waals surface area contributed by atoms with Gasteiger partial charge in [0.05, 0.1) is 16.9 Å². The standard InChI is InChI=1S/C17H20N2O2S/c1-17(2,3)19-22(21)15-11-7-6-9-13(15)12-8-4-5-10-14(12)16(18)20/h4-11,19H,1-3H3,(H2,18,20). The van der Waals surface area contributed by atoms with Crippen molar-refractivity contribution in [2.45, 2.75) is 31.2 Å². The predicted molar refractivity (Wildman–Crippen MR) is 89.7 cm³/mol. The highest BCUT2D eigenvalue weighted by Crippen LogP contribution is 2.30. The summed E-state index contributed by atoms with van der Waals surface area (Å²) in [4.78, 5) is 12.3. The van der Waals surface area contributed by atoms with Crippen LogP contribution in [0.1, 0.15) is 31.1 Å². The number of carbonyl (C=O) groups excluding carboxylic acids is 1. The van der Waals surface area contributed by atoms with Gasteiger partial charge in [-0.15, -0.1) is 4.72 Å². The van der Waals surface area contributed by atoms with Gasteiger partial charge in [-0.05, 0) is 44.5 Å². The largest absolute Gasteiger partial charge is 0.593 e. The molecule has 5 heteroatoms. The Morgan fingerprint density at radius 3 is 2.18 bits per heavy atom. The molecule has 0 aromatic heterocycles. The maximum Gasteiger partial charge on any atom is 0.249 e. The molecule has 2 aromatic carbocycles. The third-order valence-corrected chi connectivity index (χ3v) is 4.52. The number of primary amides is 1. The highest BCUT2D eigenvalue weighted by molar-refractivity contribution is 7.89. The molecule has 3 N–H and O–H groups in total. The highest BCUT2D eigenvalue weighted by Gasteiger charge is 2.24. The van der Waals surface area contributed by atoms with Gasteiger partial charge < -0.3 is 10.3 Å². The van der Waals surface area contributed by atoms with Crippen molar-refractivity contribution in [2.75, 3.05) is 0 Å². The van der Waals surface area contributed by atoms with Crippen molar-refractivity contribution in [3.63, 3.8) is 0 Å². The van der Waals surface area contributed by atoms with Crippen LogP contribution in [-0.4, -0.2) is 16.0 Å². The molecule has 0 saturated carbocycles. The minimum Gasteiger partial charge on any atom is -0.593 e. The number of amides is 1. The Morgan fingerprint density at radius 2 is 1.59 bits per heavy atom. The summed E-state index contributed by atoms with van der Waals surface area (Å²) in [7, 11) is 0. The molecule has 0 bridgehead atoms. The van der Waals surface area contributed by atoms with E-state index in [1.807, 2.05) is 51.1 Å². The van der Waals surface area contributed by atoms with Crippen LogP contribution in [0.5, 0.6) is 0 Å². The summed E-state index contributed by atoms with van der Waals surface area (Å²) < 4.78 is 15.7. The maximum absolute atomic E-state index is 12.6. The number of nitrogens with two attached hydrogens (primary N) is 1. The topological polar surface area (TPSA) is 78.2 Å². The van der Waals surface area contributed by atoms with Gasteiger partial charge in [-0.25, -0.2) is 0 Å². The maximum atomic E-state index is 12.6. The molecule has 0 aliphatic heterocycles. The number of hydrogen-bond acceptors (Lipinski definition) is 3. The zero-order valence-electron chi connectivity index (χ0n) is 12.9. The molecule has 2 aromatic rings. The molecule has 1 atom stereocenters. The molecule has 0 radical (unpaired) electrons. The van der Waals surface area contributed by atoms with Gasteiger partial charge in [0.1, 0.15) is 0 Å². The van der Waals surface area contributed by atoms with Crippen LogP contribution < -0.4 is 10.5 Å². The first-order chi connectivity index (χ1) is 10.3. The number of carbonyl (C=O) groups is 1. The fourth-order valence-corrected chi connectivity index (χ4v) is 3.36. The van der Waals surface area contributed by atoms with Crippen LogP contribution >= 0.6 is 0 Å². The van der Waals surface area contributed by atoms with E-state index < -0.39 is 17.3 Å². The first kappa shape index (κ1) is 16.5. The smallest absolute Gasteiger partial charge is 0.249 e. The van der Waals surface area contributed by atoms with Crippen LogP contribution in [0.2, 0.25) is 0 Å². The lowest BCUT2D eigenvalue weighted by Crippen LogP contribution is -2.40. The van der Waals surface area contributed by atoms with E-state index in [9.17, 15) is 9.35 Å². The average Bonchev–Trinajstić information content (AvgIpc) is 2.45. The summed E-state index contributed by atoms with van der Waals surface area (Å²) in [5, 5.41) is 0. The lowest BCUT2D eigenvalue weighted by molar-refractivity contribution is 0.100. The fraction of sp³-hybridized carbons (Fsp3) is 0.235. The second-order valence-corrected chi connectivity index (χ2v) is 7.21. The zero-order valence-corrected chi connectivity index (χ0v) is 13.7. The summed E-state index contributed by atoms with van der Waals surface area (Å²) in [6.45, 7) is 5.85. The minimum absolute atomic E-state index is 0.290. The Bertz CT molecular complexity index is 680. The van der Waals surface area contributed by atoms with Gasteiger partial charge in [0.25, 0.3) is 0 Å². The van der Waals surface area contributed by atoms with E-state index in [1.165, 1.54) is 0 Å². The summed E-state index contributed by atoms with van der Waals surface area (Å²) in [6.07, 6.45) is 0. The second-order valence-electron chi connectivity index (χ2n) is 6.03. The summed E-state index contributed by atoms with van der Waals surface area (Å²) >= 11 is -1.39. The molecule has 0 aliphatic carbocycles. The van der Waals surface area contributed by atoms with E-state index in [0.717, 1.165) is 5.56 Å². The predicted octanol–water partition coefficient (Wildman–Crippen LogP) is 2.86. The SMILES string of the molecule is CC(C)(C)N[S+]([O-])c1ccccc1-c1ccccc1C(N)=O. The lowest BCUT2D eigenvalue weighted by atomic mass is 9.99. The van der Waals surface area contributed by atoms with Gasteiger partial charge in [0, 0.05) is 11.1 Å². The first-order valence-electron chi connectivity index (χ1n) is 6.97. The van der Waals surface area contributed by atoms with Crippen LogP contribution in [0.15, 0.2) is 53.4 Å². The molecule has 2 rings (SSSR count). The van der Waals surface area contributed by atoms with Crippen LogP contribution in [0, 0.1) is 0 Å². The van der Waals surface area contributed by atoms with Crippen molar-refractivity contribution in [1.29, 1.82) is 0 Å². The van der Waals surface area contributed by atoms with Gasteiger partial charge >= 0.3 is 0 Å². The number of hydrogen-bond donors (Lipinski definition) is 2. The van der Waals surface area contributed by atoms with E-state index in [-0.39, 0.29) is 5.54 Å². The van der Waals surface area contributed by atoms with Gasteiger partial charge in [0.2, 0.25) is 5.91 Å². The number of nitrogens with one attached hydrogen (secondary N) is 1. The van der Waals surface area contributed by atoms with Crippen molar-refractivity contribution in [1.82, 2.24) is 4.72 Å². The molecule has 0 heterocycles. The second kappa shape index (κ2) is 6.52. The third-order valence-electron chi connectivity index (χ3n) is 2.97. The molecular formula is C17H20N2O2S. The molecule has 0 aliphatic rings. The van der Waals surface area contributed by atoms with Crippen LogP contribution in [-0.2, 0) is 11.4 Å². The minimum atomic E-state index is -1.39. The van der Waals surface area contributed by atoms with Crippen molar-refractivity contribution >= 4 is 17.3 Å². The molecule has 1 unspecified atom stereocenters. The zero-order chi connectivity index (χ0) is 16.3. The van der Waals surface area contributed by atoms with Gasteiger partial charge in [-0.1, -0.05) is 30.3 Å². The molecule has 0 spiro atoms. The molecule has 0 saturated heterocycles. The van der Waals surface area contributed by atoms with Crippen LogP contribution in [0.4, 0.5) is 0 Å². The monoisotopic (exact) mass is 316 g/mol. The Hall–Kier alpha value is -1.82. The summed E-state index contributed by atoms with van der Waals surface area (Å²) in [5.74, 6) is -0.500. The van der Waals surface area contributed by atoms with E-state index in [4.69, 9.17) is 5.73 Å². The quantitative estimate of drug-likeness (QED) is 0.851. The Labute approximate surface area is 134 Å². The number of benzene rings is 2. The molecule has 22 heavy (non-hydrogen) atoms. The normalized spacial score (nSPS) is 12.9. The molecule has 0 fully saturated rings. The van der Waals surface area contributed by atoms with Gasteiger partial charge in [0.15, 0.2) is 4.90 Å². The third kappa shape index (κ3) is 3.88. The number of rotatable bonds is 4. The van der Waals surface area contributed by atoms with Crippen molar-refractivity contribution in [3.8, 4) is 11.1 Å². The van der Waals surface area contributed by atoms with E-state index in [2.05, 4.69) is 4.72 Å². The summed E-state index contributed by atoms with van der Waals surface area (Å²) in [6, 6.07) is 14.4. The Morgan fingerprint density at radius 1 is 1.05 bits per heavy atom. The molecular weight excluding hydrogens is 296 g/mol. The molecule has 116 valence electrons. The Kier molecular flexibility index (Phi) is 4.90. The highest BCUT2D eigenvalue weighted by atomic mass is 32.2. The van der Waals surface area contributed by atoms with E-state index >= 15 is 0 Å². The van der Waals surface area contributed by atoms with E-state index in [1.54, 1.807) is 18.2 Å². The van der Waals surface area contributed by atoms with Crippen LogP contribution in [0.25, 0.3) is 11.1 Å². The van der Waals surface area contributed by atoms with Gasteiger partial charge in [-0.2, -0.15) is 0 Å². The first-order valence-corrected chi connectivity index (χ1v) is 8.12. The Balaban J connectivity index is 2.52. The lowest BCUT2D eigenvalue weighted by Gasteiger charge is -2.23. The fourth-order valence-electron chi connectivity index (χ4n) is 2.12. The molecule has 1 amide bonds. The molecule has 4 nitrogen and oxygen atoms in total. The average molecular weight is 316 g/mol. The summed E-state index contributed by atoms with van der Waals surface area (Å²) in [5.41, 5.74) is 7.01. The van der Waals surface area contributed by atoms with Crippen LogP contribution in [0.3, 0.4) is 0 Å². The van der Waals surface area contributed by atoms with Crippen molar-refractivity contribution in [3.05, 3.63) is 54.1 Å². The van der Waals surface area contributed by atoms with Crippen molar-refractivity contribution in [2.24, 2.45) is 5.73 Å².